The quantitative estimate of drug-likeness (QED) is 0.762. The van der Waals surface area contributed by atoms with Crippen LogP contribution in [0.4, 0.5) is 5.69 Å². The van der Waals surface area contributed by atoms with Crippen LogP contribution >= 0.6 is 0 Å². The minimum atomic E-state index is 0.0607. The van der Waals surface area contributed by atoms with E-state index in [1.807, 2.05) is 25.1 Å². The molecule has 0 aliphatic heterocycles. The maximum atomic E-state index is 11.7. The number of hydrogen-bond acceptors (Lipinski definition) is 3. The molecule has 1 rings (SSSR count). The monoisotopic (exact) mass is 250 g/mol. The van der Waals surface area contributed by atoms with Crippen LogP contribution in [0.15, 0.2) is 18.2 Å². The molecule has 100 valence electrons. The van der Waals surface area contributed by atoms with E-state index in [2.05, 4.69) is 12.2 Å². The number of hydrogen-bond donors (Lipinski definition) is 2. The Balaban J connectivity index is 2.53. The smallest absolute Gasteiger partial charge is 0.223 e. The van der Waals surface area contributed by atoms with Crippen molar-refractivity contribution >= 4 is 11.6 Å². The Morgan fingerprint density at radius 3 is 2.78 bits per heavy atom. The zero-order chi connectivity index (χ0) is 13.5. The highest BCUT2D eigenvalue weighted by molar-refractivity contribution is 5.78. The summed E-state index contributed by atoms with van der Waals surface area (Å²) in [5, 5.41) is 2.91. The van der Waals surface area contributed by atoms with Gasteiger partial charge < -0.3 is 15.8 Å². The van der Waals surface area contributed by atoms with Crippen molar-refractivity contribution < 1.29 is 9.53 Å². The lowest BCUT2D eigenvalue weighted by Gasteiger charge is -2.12. The average Bonchev–Trinajstić information content (AvgIpc) is 2.36. The predicted molar refractivity (Wildman–Crippen MR) is 73.3 cm³/mol. The van der Waals surface area contributed by atoms with Crippen molar-refractivity contribution in [3.8, 4) is 5.75 Å². The molecule has 0 spiro atoms. The highest BCUT2D eigenvalue weighted by Crippen LogP contribution is 2.21. The summed E-state index contributed by atoms with van der Waals surface area (Å²) in [5.74, 6) is 0.807. The molecule has 1 aromatic carbocycles. The van der Waals surface area contributed by atoms with Crippen molar-refractivity contribution in [2.45, 2.75) is 33.2 Å². The molecule has 4 nitrogen and oxygen atoms in total. The van der Waals surface area contributed by atoms with Crippen molar-refractivity contribution in [1.82, 2.24) is 5.32 Å². The maximum absolute atomic E-state index is 11.7. The third-order valence-electron chi connectivity index (χ3n) is 2.93. The fourth-order valence-electron chi connectivity index (χ4n) is 1.82. The molecular weight excluding hydrogens is 228 g/mol. The highest BCUT2D eigenvalue weighted by Gasteiger charge is 2.11. The van der Waals surface area contributed by atoms with Crippen LogP contribution in [0.3, 0.4) is 0 Å². The fourth-order valence-corrected chi connectivity index (χ4v) is 1.82. The van der Waals surface area contributed by atoms with Crippen molar-refractivity contribution in [2.24, 2.45) is 5.92 Å². The Hall–Kier alpha value is -1.71. The van der Waals surface area contributed by atoms with E-state index in [1.165, 1.54) is 0 Å². The van der Waals surface area contributed by atoms with E-state index in [-0.39, 0.29) is 11.8 Å². The first-order chi connectivity index (χ1) is 8.58. The van der Waals surface area contributed by atoms with Gasteiger partial charge in [0.25, 0.3) is 0 Å². The van der Waals surface area contributed by atoms with Crippen LogP contribution in [0.1, 0.15) is 32.3 Å². The number of carbonyl (C=O) groups is 1. The zero-order valence-electron chi connectivity index (χ0n) is 11.3. The van der Waals surface area contributed by atoms with Crippen molar-refractivity contribution in [1.29, 1.82) is 0 Å². The van der Waals surface area contributed by atoms with Gasteiger partial charge in [-0.3, -0.25) is 4.79 Å². The van der Waals surface area contributed by atoms with E-state index in [0.717, 1.165) is 18.4 Å². The topological polar surface area (TPSA) is 64.3 Å². The molecule has 0 saturated carbocycles. The second-order valence-corrected chi connectivity index (χ2v) is 4.48. The largest absolute Gasteiger partial charge is 0.495 e. The van der Waals surface area contributed by atoms with Gasteiger partial charge in [-0.1, -0.05) is 26.3 Å². The van der Waals surface area contributed by atoms with Crippen molar-refractivity contribution in [3.63, 3.8) is 0 Å². The summed E-state index contributed by atoms with van der Waals surface area (Å²) in [6.45, 7) is 4.52. The molecule has 1 aromatic rings. The Morgan fingerprint density at radius 2 is 2.22 bits per heavy atom. The van der Waals surface area contributed by atoms with Crippen LogP contribution in [0.2, 0.25) is 0 Å². The number of nitrogens with two attached hydrogens (primary N) is 1. The van der Waals surface area contributed by atoms with Gasteiger partial charge in [0.1, 0.15) is 5.75 Å². The van der Waals surface area contributed by atoms with Crippen LogP contribution in [0.5, 0.6) is 5.75 Å². The fraction of sp³-hybridized carbons (Fsp3) is 0.500. The number of amides is 1. The summed E-state index contributed by atoms with van der Waals surface area (Å²) >= 11 is 0. The van der Waals surface area contributed by atoms with Crippen LogP contribution in [-0.4, -0.2) is 13.0 Å². The van der Waals surface area contributed by atoms with Crippen LogP contribution < -0.4 is 15.8 Å². The first-order valence-electron chi connectivity index (χ1n) is 6.28. The summed E-state index contributed by atoms with van der Waals surface area (Å²) < 4.78 is 5.08. The Bertz CT molecular complexity index is 405. The van der Waals surface area contributed by atoms with Gasteiger partial charge in [0, 0.05) is 12.5 Å². The number of methoxy groups -OCH3 is 1. The minimum absolute atomic E-state index is 0.0607. The second-order valence-electron chi connectivity index (χ2n) is 4.48. The van der Waals surface area contributed by atoms with Gasteiger partial charge in [-0.15, -0.1) is 0 Å². The molecule has 3 N–H and O–H groups in total. The van der Waals surface area contributed by atoms with Gasteiger partial charge in [-0.25, -0.2) is 0 Å². The van der Waals surface area contributed by atoms with E-state index in [0.29, 0.717) is 18.0 Å². The van der Waals surface area contributed by atoms with E-state index < -0.39 is 0 Å². The zero-order valence-corrected chi connectivity index (χ0v) is 11.3. The number of ether oxygens (including phenoxy) is 1. The van der Waals surface area contributed by atoms with E-state index in [4.69, 9.17) is 10.5 Å². The standard InChI is InChI=1S/C14H22N2O2/c1-4-5-10(2)14(17)16-9-11-6-7-13(18-3)12(15)8-11/h6-8,10H,4-5,9,15H2,1-3H3,(H,16,17). The molecule has 1 atom stereocenters. The van der Waals surface area contributed by atoms with E-state index in [9.17, 15) is 4.79 Å². The lowest BCUT2D eigenvalue weighted by Crippen LogP contribution is -2.28. The maximum Gasteiger partial charge on any atom is 0.223 e. The highest BCUT2D eigenvalue weighted by atomic mass is 16.5. The first-order valence-corrected chi connectivity index (χ1v) is 6.28. The van der Waals surface area contributed by atoms with Gasteiger partial charge in [0.05, 0.1) is 12.8 Å². The molecule has 1 unspecified atom stereocenters. The molecule has 1 amide bonds. The van der Waals surface area contributed by atoms with Crippen molar-refractivity contribution in [3.05, 3.63) is 23.8 Å². The lowest BCUT2D eigenvalue weighted by atomic mass is 10.1. The molecule has 0 radical (unpaired) electrons. The van der Waals surface area contributed by atoms with Gasteiger partial charge >= 0.3 is 0 Å². The number of rotatable bonds is 6. The lowest BCUT2D eigenvalue weighted by molar-refractivity contribution is -0.124. The third kappa shape index (κ3) is 3.95. The van der Waals surface area contributed by atoms with Crippen molar-refractivity contribution in [2.75, 3.05) is 12.8 Å². The normalized spacial score (nSPS) is 11.9. The molecule has 0 fully saturated rings. The molecule has 0 bridgehead atoms. The van der Waals surface area contributed by atoms with Crippen LogP contribution in [-0.2, 0) is 11.3 Å². The van der Waals surface area contributed by atoms with Gasteiger partial charge in [-0.05, 0) is 24.1 Å². The summed E-state index contributed by atoms with van der Waals surface area (Å²) in [4.78, 5) is 11.7. The summed E-state index contributed by atoms with van der Waals surface area (Å²) in [6, 6.07) is 5.54. The first kappa shape index (κ1) is 14.4. The summed E-state index contributed by atoms with van der Waals surface area (Å²) in [7, 11) is 1.58. The summed E-state index contributed by atoms with van der Waals surface area (Å²) in [5.41, 5.74) is 7.37. The molecule has 0 aromatic heterocycles. The number of nitrogens with one attached hydrogen (secondary N) is 1. The second kappa shape index (κ2) is 6.89. The molecule has 0 saturated heterocycles. The van der Waals surface area contributed by atoms with E-state index >= 15 is 0 Å². The number of nitrogen functional groups attached to an aromatic ring is 1. The number of carbonyl (C=O) groups excluding carboxylic acids is 1. The SMILES string of the molecule is CCCC(C)C(=O)NCc1ccc(OC)c(N)c1. The van der Waals surface area contributed by atoms with Crippen LogP contribution in [0, 0.1) is 5.92 Å². The number of benzene rings is 1. The number of anilines is 1. The van der Waals surface area contributed by atoms with Gasteiger partial charge in [0.2, 0.25) is 5.91 Å². The van der Waals surface area contributed by atoms with Gasteiger partial charge in [-0.2, -0.15) is 0 Å². The Kier molecular flexibility index (Phi) is 5.49. The molecular formula is C14H22N2O2. The minimum Gasteiger partial charge on any atom is -0.495 e. The molecule has 0 aliphatic rings. The Labute approximate surface area is 109 Å². The molecule has 0 aliphatic carbocycles. The van der Waals surface area contributed by atoms with E-state index in [1.54, 1.807) is 7.11 Å². The van der Waals surface area contributed by atoms with Crippen LogP contribution in [0.25, 0.3) is 0 Å². The molecule has 0 heterocycles. The average molecular weight is 250 g/mol. The summed E-state index contributed by atoms with van der Waals surface area (Å²) in [6.07, 6.45) is 1.93. The Morgan fingerprint density at radius 1 is 1.50 bits per heavy atom. The van der Waals surface area contributed by atoms with Gasteiger partial charge in [0.15, 0.2) is 0 Å². The molecule has 4 heteroatoms. The molecule has 18 heavy (non-hydrogen) atoms. The predicted octanol–water partition coefficient (Wildman–Crippen LogP) is 2.33. The third-order valence-corrected chi connectivity index (χ3v) is 2.93.